The molecule has 2 N–H and O–H groups in total. The summed E-state index contributed by atoms with van der Waals surface area (Å²) in [5.41, 5.74) is 6.22. The Bertz CT molecular complexity index is 225. The van der Waals surface area contributed by atoms with Gasteiger partial charge in [-0.1, -0.05) is 13.8 Å². The number of hydrogen-bond acceptors (Lipinski definition) is 3. The van der Waals surface area contributed by atoms with Crippen molar-refractivity contribution in [2.24, 2.45) is 0 Å². The summed E-state index contributed by atoms with van der Waals surface area (Å²) in [4.78, 5) is 7.72. The Morgan fingerprint density at radius 2 is 2.18 bits per heavy atom. The van der Waals surface area contributed by atoms with Crippen LogP contribution in [0.4, 0.5) is 5.95 Å². The topological polar surface area (TPSA) is 51.8 Å². The summed E-state index contributed by atoms with van der Waals surface area (Å²) in [5, 5.41) is 0. The van der Waals surface area contributed by atoms with Crippen molar-refractivity contribution in [2.45, 2.75) is 19.8 Å². The van der Waals surface area contributed by atoms with Crippen molar-refractivity contribution in [1.29, 1.82) is 0 Å². The largest absolute Gasteiger partial charge is 0.430 e. The first-order chi connectivity index (χ1) is 4.70. The molecule has 0 aliphatic heterocycles. The Morgan fingerprint density at radius 1 is 1.55 bits per heavy atom. The van der Waals surface area contributed by atoms with E-state index in [1.165, 1.54) is 0 Å². The monoisotopic (exact) mass is 320 g/mol. The summed E-state index contributed by atoms with van der Waals surface area (Å²) in [6, 6.07) is 2.91. The Hall–Kier alpha value is -0.432. The summed E-state index contributed by atoms with van der Waals surface area (Å²) < 4.78 is 0. The zero-order valence-electron chi connectivity index (χ0n) is 6.53. The average molecular weight is 320 g/mol. The normalized spacial score (nSPS) is 9.36. The maximum absolute atomic E-state index is 5.35. The van der Waals surface area contributed by atoms with Gasteiger partial charge in [0.25, 0.3) is 0 Å². The summed E-state index contributed by atoms with van der Waals surface area (Å²) in [7, 11) is 0. The Labute approximate surface area is 80.7 Å². The van der Waals surface area contributed by atoms with E-state index in [4.69, 9.17) is 5.73 Å². The molecule has 0 saturated carbocycles. The molecule has 0 unspecified atom stereocenters. The number of nitrogens with zero attached hydrogens (tertiary/aromatic N) is 2. The van der Waals surface area contributed by atoms with E-state index in [2.05, 4.69) is 16.0 Å². The zero-order chi connectivity index (χ0) is 7.56. The number of nitrogen functional groups attached to an aromatic ring is 1. The minimum atomic E-state index is 0. The van der Waals surface area contributed by atoms with E-state index in [0.29, 0.717) is 11.9 Å². The van der Waals surface area contributed by atoms with E-state index >= 15 is 0 Å². The maximum atomic E-state index is 5.35. The van der Waals surface area contributed by atoms with E-state index < -0.39 is 0 Å². The van der Waals surface area contributed by atoms with E-state index in [1.807, 2.05) is 13.8 Å². The van der Waals surface area contributed by atoms with Gasteiger partial charge in [0.1, 0.15) is 0 Å². The summed E-state index contributed by atoms with van der Waals surface area (Å²) in [6.45, 7) is 4.08. The SMILES string of the molecule is CC(C)c1[c-]cnc(N)n1.[W]. The van der Waals surface area contributed by atoms with Gasteiger partial charge in [0.05, 0.1) is 0 Å². The van der Waals surface area contributed by atoms with Crippen molar-refractivity contribution < 1.29 is 21.1 Å². The van der Waals surface area contributed by atoms with Crippen molar-refractivity contribution in [3.8, 4) is 0 Å². The standard InChI is InChI=1S/C7H10N3.W/c1-5(2)6-3-4-9-7(8)10-6;/h4-5H,1-2H3,(H2,8,9,10);/q-1;. The van der Waals surface area contributed by atoms with Gasteiger partial charge in [-0.15, -0.1) is 11.9 Å². The molecule has 1 aromatic rings. The van der Waals surface area contributed by atoms with E-state index in [0.717, 1.165) is 5.69 Å². The first kappa shape index (κ1) is 10.6. The van der Waals surface area contributed by atoms with E-state index in [-0.39, 0.29) is 21.1 Å². The van der Waals surface area contributed by atoms with Crippen LogP contribution in [0.2, 0.25) is 0 Å². The second kappa shape index (κ2) is 4.45. The van der Waals surface area contributed by atoms with Crippen LogP contribution in [0.25, 0.3) is 0 Å². The van der Waals surface area contributed by atoms with Gasteiger partial charge in [-0.2, -0.15) is 0 Å². The molecule has 0 atom stereocenters. The molecule has 0 aromatic carbocycles. The van der Waals surface area contributed by atoms with E-state index in [1.54, 1.807) is 6.20 Å². The molecule has 1 aromatic heterocycles. The second-order valence-corrected chi connectivity index (χ2v) is 2.41. The van der Waals surface area contributed by atoms with E-state index in [9.17, 15) is 0 Å². The van der Waals surface area contributed by atoms with Crippen molar-refractivity contribution >= 4 is 5.95 Å². The smallest absolute Gasteiger partial charge is 0.214 e. The molecule has 0 bridgehead atoms. The molecule has 3 nitrogen and oxygen atoms in total. The van der Waals surface area contributed by atoms with Crippen LogP contribution in [-0.4, -0.2) is 9.97 Å². The molecule has 1 heterocycles. The maximum Gasteiger partial charge on any atom is 0.214 e. The molecule has 0 radical (unpaired) electrons. The Morgan fingerprint density at radius 3 is 2.55 bits per heavy atom. The fraction of sp³-hybridized carbons (Fsp3) is 0.429. The third-order valence-electron chi connectivity index (χ3n) is 1.19. The molecule has 0 fully saturated rings. The number of aromatic nitrogens is 2. The summed E-state index contributed by atoms with van der Waals surface area (Å²) in [5.74, 6) is 0.688. The van der Waals surface area contributed by atoms with Crippen LogP contribution in [-0.2, 0) is 21.1 Å². The fourth-order valence-corrected chi connectivity index (χ4v) is 0.645. The van der Waals surface area contributed by atoms with Crippen molar-refractivity contribution in [3.63, 3.8) is 0 Å². The van der Waals surface area contributed by atoms with Gasteiger partial charge in [0.2, 0.25) is 5.95 Å². The molecule has 4 heteroatoms. The third-order valence-corrected chi connectivity index (χ3v) is 1.19. The summed E-state index contributed by atoms with van der Waals surface area (Å²) >= 11 is 0. The summed E-state index contributed by atoms with van der Waals surface area (Å²) in [6.07, 6.45) is 1.55. The molecule has 0 saturated heterocycles. The van der Waals surface area contributed by atoms with Gasteiger partial charge in [0, 0.05) is 21.1 Å². The molecule has 11 heavy (non-hydrogen) atoms. The van der Waals surface area contributed by atoms with Gasteiger partial charge >= 0.3 is 0 Å². The van der Waals surface area contributed by atoms with Crippen LogP contribution in [0.1, 0.15) is 25.5 Å². The molecule has 0 aliphatic carbocycles. The van der Waals surface area contributed by atoms with Gasteiger partial charge < -0.3 is 11.8 Å². The van der Waals surface area contributed by atoms with Crippen molar-refractivity contribution in [2.75, 3.05) is 5.73 Å². The van der Waals surface area contributed by atoms with Crippen LogP contribution >= 0.6 is 0 Å². The second-order valence-electron chi connectivity index (χ2n) is 2.41. The fourth-order valence-electron chi connectivity index (χ4n) is 0.645. The predicted molar refractivity (Wildman–Crippen MR) is 39.4 cm³/mol. The number of anilines is 1. The van der Waals surface area contributed by atoms with Crippen LogP contribution in [0.15, 0.2) is 6.20 Å². The zero-order valence-corrected chi connectivity index (χ0v) is 9.47. The third kappa shape index (κ3) is 2.98. The molecule has 0 spiro atoms. The Kier molecular flexibility index (Phi) is 4.27. The molecule has 60 valence electrons. The van der Waals surface area contributed by atoms with Gasteiger partial charge in [-0.3, -0.25) is 9.97 Å². The minimum absolute atomic E-state index is 0. The van der Waals surface area contributed by atoms with Crippen LogP contribution in [0.5, 0.6) is 0 Å². The van der Waals surface area contributed by atoms with Gasteiger partial charge in [-0.05, 0) is 5.92 Å². The predicted octanol–water partition coefficient (Wildman–Crippen LogP) is 0.980. The van der Waals surface area contributed by atoms with Crippen LogP contribution < -0.4 is 5.73 Å². The minimum Gasteiger partial charge on any atom is -0.430 e. The molecule has 0 aliphatic rings. The average Bonchev–Trinajstić information content (AvgIpc) is 1.88. The quantitative estimate of drug-likeness (QED) is 0.785. The molecule has 1 rings (SSSR count). The number of rotatable bonds is 1. The van der Waals surface area contributed by atoms with Crippen LogP contribution in [0, 0.1) is 6.07 Å². The molecular formula is C7H10N3W-. The van der Waals surface area contributed by atoms with Gasteiger partial charge in [-0.25, -0.2) is 0 Å². The number of hydrogen-bond donors (Lipinski definition) is 1. The Balaban J connectivity index is 0.000001000. The molecular weight excluding hydrogens is 310 g/mol. The van der Waals surface area contributed by atoms with Crippen molar-refractivity contribution in [3.05, 3.63) is 18.0 Å². The van der Waals surface area contributed by atoms with Crippen LogP contribution in [0.3, 0.4) is 0 Å². The molecule has 0 amide bonds. The van der Waals surface area contributed by atoms with Crippen molar-refractivity contribution in [1.82, 2.24) is 9.97 Å². The first-order valence-corrected chi connectivity index (χ1v) is 3.20. The van der Waals surface area contributed by atoms with Gasteiger partial charge in [0.15, 0.2) is 0 Å². The first-order valence-electron chi connectivity index (χ1n) is 3.20. The number of nitrogens with two attached hydrogens (primary N) is 1.